The third-order valence-electron chi connectivity index (χ3n) is 3.57. The zero-order valence-electron chi connectivity index (χ0n) is 15.0. The summed E-state index contributed by atoms with van der Waals surface area (Å²) < 4.78 is 17.7. The minimum atomic E-state index is -0.313. The molecule has 0 saturated carbocycles. The number of nitrogens with one attached hydrogen (secondary N) is 3. The molecule has 0 spiro atoms. The zero-order chi connectivity index (χ0) is 18.8. The number of hydrogen-bond donors (Lipinski definition) is 3. The fraction of sp³-hybridized carbons (Fsp3) is 0.263. The topological polar surface area (TPSA) is 79.5 Å². The molecule has 8 heteroatoms. The fourth-order valence-corrected chi connectivity index (χ4v) is 2.17. The van der Waals surface area contributed by atoms with Gasteiger partial charge >= 0.3 is 0 Å². The molecular formula is C19H23ClFN3O3. The van der Waals surface area contributed by atoms with Crippen LogP contribution in [-0.4, -0.2) is 38.6 Å². The second-order valence-corrected chi connectivity index (χ2v) is 5.60. The fourth-order valence-electron chi connectivity index (χ4n) is 2.17. The highest BCUT2D eigenvalue weighted by Crippen LogP contribution is 2.10. The van der Waals surface area contributed by atoms with E-state index in [1.165, 1.54) is 12.1 Å². The molecule has 2 rings (SSSR count). The number of methoxy groups -OCH3 is 1. The second kappa shape index (κ2) is 12.0. The standard InChI is InChI=1S/C19H22FN3O3.ClH/c1-26-11-10-21-13-18(24)23-17-8-4-15(5-9-17)19(25)22-12-14-2-6-16(20)7-3-14;/h2-9,21H,10-13H2,1H3,(H,22,25)(H,23,24);1H. The van der Waals surface area contributed by atoms with Gasteiger partial charge in [-0.2, -0.15) is 0 Å². The van der Waals surface area contributed by atoms with Gasteiger partial charge in [0.05, 0.1) is 13.2 Å². The molecule has 27 heavy (non-hydrogen) atoms. The zero-order valence-corrected chi connectivity index (χ0v) is 15.8. The van der Waals surface area contributed by atoms with Crippen molar-refractivity contribution in [2.75, 3.05) is 32.1 Å². The average Bonchev–Trinajstić information content (AvgIpc) is 2.65. The summed E-state index contributed by atoms with van der Waals surface area (Å²) in [6, 6.07) is 12.5. The maximum atomic E-state index is 12.9. The summed E-state index contributed by atoms with van der Waals surface area (Å²) in [6.45, 7) is 1.63. The Balaban J connectivity index is 0.00000364. The van der Waals surface area contributed by atoms with Crippen LogP contribution in [0.25, 0.3) is 0 Å². The molecule has 146 valence electrons. The molecule has 0 bridgehead atoms. The molecular weight excluding hydrogens is 373 g/mol. The quantitative estimate of drug-likeness (QED) is 0.569. The first-order valence-electron chi connectivity index (χ1n) is 8.20. The molecule has 0 aromatic heterocycles. The Bertz CT molecular complexity index is 724. The largest absolute Gasteiger partial charge is 0.383 e. The van der Waals surface area contributed by atoms with Crippen LogP contribution < -0.4 is 16.0 Å². The number of carbonyl (C=O) groups is 2. The Morgan fingerprint density at radius 2 is 1.70 bits per heavy atom. The van der Waals surface area contributed by atoms with Gasteiger partial charge in [-0.15, -0.1) is 12.4 Å². The van der Waals surface area contributed by atoms with Gasteiger partial charge in [0.1, 0.15) is 5.82 Å². The van der Waals surface area contributed by atoms with Gasteiger partial charge < -0.3 is 20.7 Å². The molecule has 0 unspecified atom stereocenters. The van der Waals surface area contributed by atoms with Crippen molar-refractivity contribution in [2.45, 2.75) is 6.54 Å². The molecule has 0 fully saturated rings. The Morgan fingerprint density at radius 1 is 1.04 bits per heavy atom. The van der Waals surface area contributed by atoms with Crippen LogP contribution in [0, 0.1) is 5.82 Å². The molecule has 0 aliphatic heterocycles. The van der Waals surface area contributed by atoms with Crippen LogP contribution in [0.1, 0.15) is 15.9 Å². The van der Waals surface area contributed by atoms with Crippen LogP contribution in [-0.2, 0) is 16.1 Å². The van der Waals surface area contributed by atoms with Crippen molar-refractivity contribution < 1.29 is 18.7 Å². The Labute approximate surface area is 163 Å². The summed E-state index contributed by atoms with van der Waals surface area (Å²) in [4.78, 5) is 23.9. The summed E-state index contributed by atoms with van der Waals surface area (Å²) >= 11 is 0. The van der Waals surface area contributed by atoms with Crippen molar-refractivity contribution in [3.05, 3.63) is 65.5 Å². The number of ether oxygens (including phenoxy) is 1. The molecule has 2 aromatic carbocycles. The smallest absolute Gasteiger partial charge is 0.251 e. The van der Waals surface area contributed by atoms with Crippen molar-refractivity contribution in [1.82, 2.24) is 10.6 Å². The summed E-state index contributed by atoms with van der Waals surface area (Å²) in [5, 5.41) is 8.45. The van der Waals surface area contributed by atoms with Gasteiger partial charge in [-0.1, -0.05) is 12.1 Å². The normalized spacial score (nSPS) is 10.0. The number of hydrogen-bond acceptors (Lipinski definition) is 4. The molecule has 0 aliphatic carbocycles. The minimum absolute atomic E-state index is 0. The lowest BCUT2D eigenvalue weighted by Crippen LogP contribution is -2.30. The van der Waals surface area contributed by atoms with E-state index in [0.717, 1.165) is 5.56 Å². The Hall–Kier alpha value is -2.48. The SMILES string of the molecule is COCCNCC(=O)Nc1ccc(C(=O)NCc2ccc(F)cc2)cc1.Cl. The first-order valence-corrected chi connectivity index (χ1v) is 8.20. The monoisotopic (exact) mass is 395 g/mol. The molecule has 3 N–H and O–H groups in total. The van der Waals surface area contributed by atoms with E-state index in [4.69, 9.17) is 4.74 Å². The van der Waals surface area contributed by atoms with Gasteiger partial charge in [-0.3, -0.25) is 9.59 Å². The molecule has 0 aliphatic rings. The van der Waals surface area contributed by atoms with Crippen LogP contribution in [0.4, 0.5) is 10.1 Å². The third kappa shape index (κ3) is 8.17. The van der Waals surface area contributed by atoms with Crippen LogP contribution in [0.3, 0.4) is 0 Å². The van der Waals surface area contributed by atoms with Gasteiger partial charge in [0, 0.05) is 31.5 Å². The number of halogens is 2. The maximum absolute atomic E-state index is 12.9. The summed E-state index contributed by atoms with van der Waals surface area (Å²) in [5.41, 5.74) is 1.89. The average molecular weight is 396 g/mol. The highest BCUT2D eigenvalue weighted by molar-refractivity contribution is 5.96. The lowest BCUT2D eigenvalue weighted by atomic mass is 10.1. The third-order valence-corrected chi connectivity index (χ3v) is 3.57. The van der Waals surface area contributed by atoms with E-state index in [2.05, 4.69) is 16.0 Å². The van der Waals surface area contributed by atoms with Gasteiger partial charge in [0.2, 0.25) is 5.91 Å². The summed E-state index contributed by atoms with van der Waals surface area (Å²) in [5.74, 6) is -0.727. The van der Waals surface area contributed by atoms with Crippen LogP contribution in [0.5, 0.6) is 0 Å². The number of amides is 2. The highest BCUT2D eigenvalue weighted by atomic mass is 35.5. The van der Waals surface area contributed by atoms with E-state index >= 15 is 0 Å². The van der Waals surface area contributed by atoms with Crippen LogP contribution >= 0.6 is 12.4 Å². The van der Waals surface area contributed by atoms with Crippen molar-refractivity contribution in [3.8, 4) is 0 Å². The molecule has 0 radical (unpaired) electrons. The van der Waals surface area contributed by atoms with E-state index < -0.39 is 0 Å². The van der Waals surface area contributed by atoms with Gasteiger partial charge in [0.25, 0.3) is 5.91 Å². The Morgan fingerprint density at radius 3 is 2.33 bits per heavy atom. The van der Waals surface area contributed by atoms with E-state index in [0.29, 0.717) is 30.9 Å². The summed E-state index contributed by atoms with van der Waals surface area (Å²) in [7, 11) is 1.60. The van der Waals surface area contributed by atoms with Gasteiger partial charge in [-0.25, -0.2) is 4.39 Å². The lowest BCUT2D eigenvalue weighted by molar-refractivity contribution is -0.115. The number of benzene rings is 2. The second-order valence-electron chi connectivity index (χ2n) is 5.60. The predicted octanol–water partition coefficient (Wildman–Crippen LogP) is 2.35. The summed E-state index contributed by atoms with van der Waals surface area (Å²) in [6.07, 6.45) is 0. The molecule has 0 saturated heterocycles. The van der Waals surface area contributed by atoms with Crippen LogP contribution in [0.2, 0.25) is 0 Å². The van der Waals surface area contributed by atoms with Gasteiger partial charge in [-0.05, 0) is 42.0 Å². The molecule has 2 aromatic rings. The van der Waals surface area contributed by atoms with Gasteiger partial charge in [0.15, 0.2) is 0 Å². The number of anilines is 1. The van der Waals surface area contributed by atoms with E-state index in [1.807, 2.05) is 0 Å². The molecule has 0 heterocycles. The van der Waals surface area contributed by atoms with Crippen molar-refractivity contribution in [2.24, 2.45) is 0 Å². The Kier molecular flexibility index (Phi) is 10.0. The molecule has 6 nitrogen and oxygen atoms in total. The molecule has 0 atom stereocenters. The van der Waals surface area contributed by atoms with E-state index in [-0.39, 0.29) is 36.6 Å². The highest BCUT2D eigenvalue weighted by Gasteiger charge is 2.07. The number of rotatable bonds is 9. The lowest BCUT2D eigenvalue weighted by Gasteiger charge is -2.08. The molecule has 2 amide bonds. The van der Waals surface area contributed by atoms with E-state index in [9.17, 15) is 14.0 Å². The number of carbonyl (C=O) groups excluding carboxylic acids is 2. The van der Waals surface area contributed by atoms with Crippen molar-refractivity contribution in [1.29, 1.82) is 0 Å². The van der Waals surface area contributed by atoms with Crippen molar-refractivity contribution in [3.63, 3.8) is 0 Å². The predicted molar refractivity (Wildman–Crippen MR) is 105 cm³/mol. The van der Waals surface area contributed by atoms with Crippen LogP contribution in [0.15, 0.2) is 48.5 Å². The van der Waals surface area contributed by atoms with Crippen molar-refractivity contribution >= 4 is 29.9 Å². The first-order chi connectivity index (χ1) is 12.6. The maximum Gasteiger partial charge on any atom is 0.251 e. The first kappa shape index (κ1) is 22.6. The minimum Gasteiger partial charge on any atom is -0.383 e. The van der Waals surface area contributed by atoms with E-state index in [1.54, 1.807) is 43.5 Å².